The number of hydrogen-bond donors (Lipinski definition) is 3. The Labute approximate surface area is 179 Å². The number of amides is 1. The molecule has 0 aliphatic rings. The highest BCUT2D eigenvalue weighted by Crippen LogP contribution is 2.19. The lowest BCUT2D eigenvalue weighted by Crippen LogP contribution is -2.30. The topological polar surface area (TPSA) is 141 Å². The van der Waals surface area contributed by atoms with Crippen molar-refractivity contribution in [2.24, 2.45) is 5.14 Å². The highest BCUT2D eigenvalue weighted by atomic mass is 32.2. The van der Waals surface area contributed by atoms with E-state index >= 15 is 0 Å². The van der Waals surface area contributed by atoms with Gasteiger partial charge in [-0.05, 0) is 55.5 Å². The van der Waals surface area contributed by atoms with Gasteiger partial charge in [0.1, 0.15) is 5.76 Å². The Morgan fingerprint density at radius 3 is 2.42 bits per heavy atom. The molecule has 1 aromatic heterocycles. The van der Waals surface area contributed by atoms with Gasteiger partial charge in [0.15, 0.2) is 6.10 Å². The molecule has 31 heavy (non-hydrogen) atoms. The maximum Gasteiger partial charge on any atom is 0.341 e. The summed E-state index contributed by atoms with van der Waals surface area (Å²) in [5.74, 6) is -0.545. The van der Waals surface area contributed by atoms with Crippen molar-refractivity contribution in [3.05, 3.63) is 78.3 Å². The van der Waals surface area contributed by atoms with E-state index in [1.165, 1.54) is 31.2 Å². The van der Waals surface area contributed by atoms with Gasteiger partial charge in [0, 0.05) is 11.4 Å². The summed E-state index contributed by atoms with van der Waals surface area (Å²) >= 11 is 0. The normalized spacial score (nSPS) is 12.1. The largest absolute Gasteiger partial charge is 0.467 e. The fraction of sp³-hybridized carbons (Fsp3) is 0.143. The van der Waals surface area contributed by atoms with E-state index in [2.05, 4.69) is 10.6 Å². The predicted octanol–water partition coefficient (Wildman–Crippen LogP) is 2.72. The minimum absolute atomic E-state index is 0.0800. The maximum absolute atomic E-state index is 12.6. The molecule has 4 N–H and O–H groups in total. The fourth-order valence-corrected chi connectivity index (χ4v) is 3.18. The van der Waals surface area contributed by atoms with Gasteiger partial charge in [0.25, 0.3) is 5.91 Å². The van der Waals surface area contributed by atoms with Crippen LogP contribution in [0.25, 0.3) is 0 Å². The average molecular weight is 443 g/mol. The van der Waals surface area contributed by atoms with Crippen molar-refractivity contribution in [2.45, 2.75) is 24.5 Å². The number of furan rings is 1. The summed E-state index contributed by atoms with van der Waals surface area (Å²) < 4.78 is 33.1. The van der Waals surface area contributed by atoms with Crippen LogP contribution < -0.4 is 15.8 Å². The van der Waals surface area contributed by atoms with Crippen molar-refractivity contribution in [3.8, 4) is 0 Å². The number of rotatable bonds is 8. The number of nitrogens with one attached hydrogen (secondary N) is 2. The van der Waals surface area contributed by atoms with E-state index in [9.17, 15) is 18.0 Å². The molecule has 0 spiro atoms. The van der Waals surface area contributed by atoms with Gasteiger partial charge in [-0.25, -0.2) is 18.4 Å². The first-order chi connectivity index (χ1) is 14.7. The number of esters is 1. The second-order valence-corrected chi connectivity index (χ2v) is 8.15. The number of ether oxygens (including phenoxy) is 1. The van der Waals surface area contributed by atoms with Gasteiger partial charge in [-0.1, -0.05) is 12.1 Å². The Hall–Kier alpha value is -3.63. The first-order valence-corrected chi connectivity index (χ1v) is 10.8. The smallest absolute Gasteiger partial charge is 0.341 e. The van der Waals surface area contributed by atoms with Gasteiger partial charge < -0.3 is 19.8 Å². The molecule has 1 atom stereocenters. The molecule has 0 radical (unpaired) electrons. The number of carbonyl (C=O) groups excluding carboxylic acids is 2. The first kappa shape index (κ1) is 22.1. The van der Waals surface area contributed by atoms with Crippen LogP contribution >= 0.6 is 0 Å². The van der Waals surface area contributed by atoms with Gasteiger partial charge in [0.2, 0.25) is 10.0 Å². The molecule has 2 aromatic carbocycles. The van der Waals surface area contributed by atoms with Gasteiger partial charge >= 0.3 is 5.97 Å². The van der Waals surface area contributed by atoms with Gasteiger partial charge in [-0.3, -0.25) is 4.79 Å². The van der Waals surface area contributed by atoms with Crippen LogP contribution in [0.3, 0.4) is 0 Å². The van der Waals surface area contributed by atoms with Crippen LogP contribution in [0.1, 0.15) is 23.0 Å². The number of carbonyl (C=O) groups is 2. The summed E-state index contributed by atoms with van der Waals surface area (Å²) in [4.78, 5) is 24.9. The van der Waals surface area contributed by atoms with Crippen LogP contribution in [0.2, 0.25) is 0 Å². The third-order valence-corrected chi connectivity index (χ3v) is 5.21. The van der Waals surface area contributed by atoms with Crippen molar-refractivity contribution >= 4 is 33.3 Å². The van der Waals surface area contributed by atoms with E-state index in [0.717, 1.165) is 0 Å². The SMILES string of the molecule is C[C@H](OC(=O)c1ccccc1NCc1ccco1)C(=O)Nc1ccc(S(N)(=O)=O)cc1. The molecule has 10 heteroatoms. The number of benzene rings is 2. The zero-order valence-corrected chi connectivity index (χ0v) is 17.4. The van der Waals surface area contributed by atoms with Crippen LogP contribution in [-0.2, 0) is 26.1 Å². The number of primary sulfonamides is 1. The Kier molecular flexibility index (Phi) is 6.73. The van der Waals surface area contributed by atoms with Crippen LogP contribution in [0.4, 0.5) is 11.4 Å². The van der Waals surface area contributed by atoms with E-state index in [1.54, 1.807) is 42.7 Å². The van der Waals surface area contributed by atoms with Crippen LogP contribution in [-0.4, -0.2) is 26.4 Å². The Morgan fingerprint density at radius 1 is 1.06 bits per heavy atom. The molecule has 0 unspecified atom stereocenters. The summed E-state index contributed by atoms with van der Waals surface area (Å²) in [5, 5.41) is 10.7. The Morgan fingerprint density at radius 2 is 1.77 bits per heavy atom. The number of anilines is 2. The lowest BCUT2D eigenvalue weighted by molar-refractivity contribution is -0.123. The molecule has 0 saturated carbocycles. The molecule has 0 saturated heterocycles. The molecule has 0 aliphatic heterocycles. The zero-order valence-electron chi connectivity index (χ0n) is 16.6. The Bertz CT molecular complexity index is 1160. The number of para-hydroxylation sites is 1. The third kappa shape index (κ3) is 5.93. The van der Waals surface area contributed by atoms with Gasteiger partial charge in [-0.15, -0.1) is 0 Å². The molecule has 0 fully saturated rings. The van der Waals surface area contributed by atoms with E-state index in [-0.39, 0.29) is 10.5 Å². The average Bonchev–Trinajstić information content (AvgIpc) is 3.25. The minimum Gasteiger partial charge on any atom is -0.467 e. The minimum atomic E-state index is -3.83. The van der Waals surface area contributed by atoms with Crippen LogP contribution in [0.5, 0.6) is 0 Å². The Balaban J connectivity index is 1.61. The fourth-order valence-electron chi connectivity index (χ4n) is 2.66. The molecule has 3 aromatic rings. The summed E-state index contributed by atoms with van der Waals surface area (Å²) in [6.45, 7) is 1.81. The van der Waals surface area contributed by atoms with Crippen LogP contribution in [0, 0.1) is 0 Å². The van der Waals surface area contributed by atoms with Crippen molar-refractivity contribution in [3.63, 3.8) is 0 Å². The monoisotopic (exact) mass is 443 g/mol. The molecule has 0 bridgehead atoms. The van der Waals surface area contributed by atoms with Crippen molar-refractivity contribution in [2.75, 3.05) is 10.6 Å². The highest BCUT2D eigenvalue weighted by Gasteiger charge is 2.21. The van der Waals surface area contributed by atoms with Crippen LogP contribution in [0.15, 0.2) is 76.2 Å². The van der Waals surface area contributed by atoms with Gasteiger partial charge in [0.05, 0.1) is 23.3 Å². The predicted molar refractivity (Wildman–Crippen MR) is 114 cm³/mol. The molecular weight excluding hydrogens is 422 g/mol. The quantitative estimate of drug-likeness (QED) is 0.455. The molecule has 1 amide bonds. The standard InChI is InChI=1S/C21H21N3O6S/c1-14(20(25)24-15-8-10-17(11-9-15)31(22,27)28)30-21(26)18-6-2-3-7-19(18)23-13-16-5-4-12-29-16/h2-12,14,23H,13H2,1H3,(H,24,25)(H2,22,27,28)/t14-/m0/s1. The first-order valence-electron chi connectivity index (χ1n) is 9.24. The van der Waals surface area contributed by atoms with E-state index in [0.29, 0.717) is 23.7 Å². The zero-order chi connectivity index (χ0) is 22.4. The van der Waals surface area contributed by atoms with Crippen molar-refractivity contribution < 1.29 is 27.2 Å². The second-order valence-electron chi connectivity index (χ2n) is 6.58. The summed E-state index contributed by atoms with van der Waals surface area (Å²) in [6, 6.07) is 15.6. The van der Waals surface area contributed by atoms with E-state index in [4.69, 9.17) is 14.3 Å². The number of nitrogens with two attached hydrogens (primary N) is 1. The molecule has 0 aliphatic carbocycles. The lowest BCUT2D eigenvalue weighted by Gasteiger charge is -2.15. The van der Waals surface area contributed by atoms with E-state index < -0.39 is 28.0 Å². The molecule has 9 nitrogen and oxygen atoms in total. The molecular formula is C21H21N3O6S. The number of hydrogen-bond acceptors (Lipinski definition) is 7. The lowest BCUT2D eigenvalue weighted by atomic mass is 10.1. The summed E-state index contributed by atoms with van der Waals surface area (Å²) in [5.41, 5.74) is 1.14. The molecule has 3 rings (SSSR count). The molecule has 1 heterocycles. The highest BCUT2D eigenvalue weighted by molar-refractivity contribution is 7.89. The summed E-state index contributed by atoms with van der Waals surface area (Å²) in [7, 11) is -3.83. The van der Waals surface area contributed by atoms with E-state index in [1.807, 2.05) is 0 Å². The summed E-state index contributed by atoms with van der Waals surface area (Å²) in [6.07, 6.45) is 0.462. The maximum atomic E-state index is 12.6. The van der Waals surface area contributed by atoms with Crippen molar-refractivity contribution in [1.82, 2.24) is 0 Å². The third-order valence-electron chi connectivity index (χ3n) is 4.28. The number of sulfonamides is 1. The molecule has 162 valence electrons. The second kappa shape index (κ2) is 9.45. The van der Waals surface area contributed by atoms with Crippen molar-refractivity contribution in [1.29, 1.82) is 0 Å². The van der Waals surface area contributed by atoms with Gasteiger partial charge in [-0.2, -0.15) is 0 Å².